The molecule has 39 heavy (non-hydrogen) atoms. The van der Waals surface area contributed by atoms with E-state index in [-0.39, 0.29) is 46.3 Å². The van der Waals surface area contributed by atoms with Gasteiger partial charge in [0.25, 0.3) is 5.69 Å². The monoisotopic (exact) mass is 547 g/mol. The van der Waals surface area contributed by atoms with Crippen LogP contribution in [0.25, 0.3) is 4.85 Å². The van der Waals surface area contributed by atoms with Gasteiger partial charge in [-0.25, -0.2) is 18.6 Å². The molecule has 0 unspecified atom stereocenters. The van der Waals surface area contributed by atoms with Crippen molar-refractivity contribution in [3.63, 3.8) is 0 Å². The highest BCUT2D eigenvalue weighted by molar-refractivity contribution is 6.33. The molecular weight excluding hydrogens is 524 g/mol. The van der Waals surface area contributed by atoms with Gasteiger partial charge in [0.2, 0.25) is 5.95 Å². The van der Waals surface area contributed by atoms with Crippen LogP contribution in [0.2, 0.25) is 5.02 Å². The van der Waals surface area contributed by atoms with Crippen molar-refractivity contribution in [2.75, 3.05) is 41.7 Å². The van der Waals surface area contributed by atoms with E-state index < -0.39 is 5.82 Å². The third kappa shape index (κ3) is 6.17. The molecule has 1 aliphatic heterocycles. The molecule has 0 radical (unpaired) electrons. The van der Waals surface area contributed by atoms with E-state index in [2.05, 4.69) is 35.7 Å². The lowest BCUT2D eigenvalue weighted by atomic mass is 10.2. The van der Waals surface area contributed by atoms with Crippen LogP contribution in [0.15, 0.2) is 66.9 Å². The van der Waals surface area contributed by atoms with Gasteiger partial charge in [-0.2, -0.15) is 4.98 Å². The van der Waals surface area contributed by atoms with E-state index in [0.717, 1.165) is 31.9 Å². The number of anilines is 5. The van der Waals surface area contributed by atoms with Gasteiger partial charge in [-0.1, -0.05) is 35.9 Å². The summed E-state index contributed by atoms with van der Waals surface area (Å²) in [6.45, 7) is 11.0. The smallest absolute Gasteiger partial charge is 0.250 e. The fourth-order valence-corrected chi connectivity index (χ4v) is 4.25. The standard InChI is InChI=1S/C28H24ClF2N7O/c1-32-26-24(7-4-8-25(26)39-17-18-5-2-3-6-21(18)30)35-27-20(29)16-34-28(37-27)36-23-10-9-19(15-22(23)31)38-13-11-33-12-14-38/h2-10,15-16,33H,11-14,17H2,(H2,34,35,36,37). The first-order valence-electron chi connectivity index (χ1n) is 12.2. The van der Waals surface area contributed by atoms with Crippen LogP contribution < -0.4 is 25.6 Å². The summed E-state index contributed by atoms with van der Waals surface area (Å²) in [7, 11) is 0. The van der Waals surface area contributed by atoms with Crippen LogP contribution in [0.4, 0.5) is 43.3 Å². The zero-order chi connectivity index (χ0) is 27.2. The van der Waals surface area contributed by atoms with E-state index in [9.17, 15) is 8.78 Å². The van der Waals surface area contributed by atoms with Crippen molar-refractivity contribution in [2.45, 2.75) is 6.61 Å². The fourth-order valence-electron chi connectivity index (χ4n) is 4.11. The maximum absolute atomic E-state index is 14.9. The predicted octanol–water partition coefficient (Wildman–Crippen LogP) is 6.43. The molecule has 0 saturated carbocycles. The molecule has 1 saturated heterocycles. The van der Waals surface area contributed by atoms with E-state index in [1.165, 1.54) is 18.3 Å². The largest absolute Gasteiger partial charge is 0.500 e. The Balaban J connectivity index is 1.33. The minimum Gasteiger partial charge on any atom is -0.500 e. The summed E-state index contributed by atoms with van der Waals surface area (Å²) in [5.41, 5.74) is 1.95. The fraction of sp³-hybridized carbons (Fsp3) is 0.179. The van der Waals surface area contributed by atoms with E-state index in [1.54, 1.807) is 42.5 Å². The van der Waals surface area contributed by atoms with Gasteiger partial charge in [0.1, 0.15) is 29.0 Å². The minimum absolute atomic E-state index is 0.0417. The number of nitrogens with one attached hydrogen (secondary N) is 3. The summed E-state index contributed by atoms with van der Waals surface area (Å²) in [5.74, 6) is -0.225. The second-order valence-electron chi connectivity index (χ2n) is 8.69. The summed E-state index contributed by atoms with van der Waals surface area (Å²) in [6.07, 6.45) is 1.38. The molecule has 1 aliphatic rings. The summed E-state index contributed by atoms with van der Waals surface area (Å²) in [5, 5.41) is 9.40. The van der Waals surface area contributed by atoms with E-state index >= 15 is 0 Å². The second-order valence-corrected chi connectivity index (χ2v) is 9.09. The normalized spacial score (nSPS) is 13.0. The Hall–Kier alpha value is -4.46. The summed E-state index contributed by atoms with van der Waals surface area (Å²) in [6, 6.07) is 16.2. The van der Waals surface area contributed by atoms with Crippen LogP contribution in [0.5, 0.6) is 5.75 Å². The lowest BCUT2D eigenvalue weighted by molar-refractivity contribution is 0.302. The third-order valence-electron chi connectivity index (χ3n) is 6.13. The number of benzene rings is 3. The minimum atomic E-state index is -0.436. The highest BCUT2D eigenvalue weighted by atomic mass is 35.5. The van der Waals surface area contributed by atoms with Crippen molar-refractivity contribution in [3.8, 4) is 5.75 Å². The maximum Gasteiger partial charge on any atom is 0.250 e. The van der Waals surface area contributed by atoms with Gasteiger partial charge in [0.15, 0.2) is 5.82 Å². The van der Waals surface area contributed by atoms with Gasteiger partial charge in [-0.3, -0.25) is 0 Å². The highest BCUT2D eigenvalue weighted by Gasteiger charge is 2.16. The third-order valence-corrected chi connectivity index (χ3v) is 6.41. The van der Waals surface area contributed by atoms with Gasteiger partial charge < -0.3 is 25.6 Å². The molecule has 3 N–H and O–H groups in total. The average molecular weight is 548 g/mol. The van der Waals surface area contributed by atoms with Crippen molar-refractivity contribution in [2.24, 2.45) is 0 Å². The topological polar surface area (TPSA) is 78.7 Å². The first-order chi connectivity index (χ1) is 19.0. The van der Waals surface area contributed by atoms with Crippen molar-refractivity contribution >= 4 is 46.1 Å². The van der Waals surface area contributed by atoms with Crippen molar-refractivity contribution < 1.29 is 13.5 Å². The first kappa shape index (κ1) is 26.2. The van der Waals surface area contributed by atoms with Crippen LogP contribution in [-0.4, -0.2) is 36.1 Å². The summed E-state index contributed by atoms with van der Waals surface area (Å²) < 4.78 is 34.7. The molecule has 3 aromatic carbocycles. The lowest BCUT2D eigenvalue weighted by Crippen LogP contribution is -2.43. The van der Waals surface area contributed by atoms with E-state index in [4.69, 9.17) is 22.9 Å². The molecule has 0 atom stereocenters. The van der Waals surface area contributed by atoms with Crippen LogP contribution >= 0.6 is 11.6 Å². The van der Waals surface area contributed by atoms with Crippen LogP contribution in [-0.2, 0) is 6.61 Å². The molecule has 0 amide bonds. The highest BCUT2D eigenvalue weighted by Crippen LogP contribution is 2.38. The van der Waals surface area contributed by atoms with Gasteiger partial charge in [-0.05, 0) is 36.4 Å². The maximum atomic E-state index is 14.9. The molecule has 2 heterocycles. The number of rotatable bonds is 8. The number of piperazine rings is 1. The molecule has 1 aromatic heterocycles. The SMILES string of the molecule is [C-]#[N+]c1c(Nc2nc(Nc3ccc(N4CCNCC4)cc3F)ncc2Cl)cccc1OCc1ccccc1F. The average Bonchev–Trinajstić information content (AvgIpc) is 2.96. The zero-order valence-electron chi connectivity index (χ0n) is 20.7. The lowest BCUT2D eigenvalue weighted by Gasteiger charge is -2.29. The van der Waals surface area contributed by atoms with Crippen LogP contribution in [0.3, 0.4) is 0 Å². The van der Waals surface area contributed by atoms with Gasteiger partial charge in [0, 0.05) is 43.1 Å². The second kappa shape index (κ2) is 11.9. The Morgan fingerprint density at radius 3 is 2.59 bits per heavy atom. The Morgan fingerprint density at radius 1 is 1.00 bits per heavy atom. The molecule has 1 fully saturated rings. The summed E-state index contributed by atoms with van der Waals surface area (Å²) in [4.78, 5) is 14.3. The molecular formula is C28H24ClF2N7O. The quantitative estimate of drug-likeness (QED) is 0.219. The molecule has 5 rings (SSSR count). The number of halogens is 3. The van der Waals surface area contributed by atoms with Gasteiger partial charge in [-0.15, -0.1) is 0 Å². The van der Waals surface area contributed by atoms with Crippen molar-refractivity contribution in [1.29, 1.82) is 0 Å². The van der Waals surface area contributed by atoms with Crippen molar-refractivity contribution in [1.82, 2.24) is 15.3 Å². The molecule has 0 spiro atoms. The molecule has 198 valence electrons. The number of hydrogen-bond donors (Lipinski definition) is 3. The number of ether oxygens (including phenoxy) is 1. The molecule has 8 nitrogen and oxygen atoms in total. The number of para-hydroxylation sites is 1. The zero-order valence-corrected chi connectivity index (χ0v) is 21.5. The van der Waals surface area contributed by atoms with Gasteiger partial charge in [0.05, 0.1) is 18.5 Å². The Bertz CT molecular complexity index is 1520. The number of aromatic nitrogens is 2. The Kier molecular flexibility index (Phi) is 8.01. The Morgan fingerprint density at radius 2 is 1.82 bits per heavy atom. The molecule has 11 heteroatoms. The summed E-state index contributed by atoms with van der Waals surface area (Å²) >= 11 is 6.33. The first-order valence-corrected chi connectivity index (χ1v) is 12.6. The number of hydrogen-bond acceptors (Lipinski definition) is 7. The molecule has 0 aliphatic carbocycles. The predicted molar refractivity (Wildman–Crippen MR) is 149 cm³/mol. The molecule has 4 aromatic rings. The Labute approximate surface area is 229 Å². The van der Waals surface area contributed by atoms with E-state index in [1.807, 2.05) is 6.07 Å². The van der Waals surface area contributed by atoms with Crippen molar-refractivity contribution in [3.05, 3.63) is 100 Å². The molecule has 0 bridgehead atoms. The van der Waals surface area contributed by atoms with Crippen LogP contribution in [0.1, 0.15) is 5.56 Å². The number of nitrogens with zero attached hydrogens (tertiary/aromatic N) is 4. The van der Waals surface area contributed by atoms with E-state index in [0.29, 0.717) is 11.3 Å². The van der Waals surface area contributed by atoms with Crippen LogP contribution in [0, 0.1) is 18.2 Å². The van der Waals surface area contributed by atoms with Gasteiger partial charge >= 0.3 is 0 Å².